The average molecular weight is 384 g/mol. The standard InChI is InChI=1S/C22H25O2PS/c1-17-15-19(16-22(24-26)18(17)2)13-14-25(23,20-9-5-3-6-10-20)21-11-7-4-8-12-21/h3-13,17,22,26H,2,14-16H2,1H3/b19-13+/t17-,22-/m1/s1. The molecule has 0 heterocycles. The van der Waals surface area contributed by atoms with Gasteiger partial charge in [0.05, 0.1) is 6.10 Å². The van der Waals surface area contributed by atoms with E-state index in [0.717, 1.165) is 29.0 Å². The predicted octanol–water partition coefficient (Wildman–Crippen LogP) is 5.14. The molecule has 2 nitrogen and oxygen atoms in total. The van der Waals surface area contributed by atoms with E-state index in [1.54, 1.807) is 0 Å². The summed E-state index contributed by atoms with van der Waals surface area (Å²) in [6, 6.07) is 19.6. The first-order chi connectivity index (χ1) is 12.5. The van der Waals surface area contributed by atoms with Crippen LogP contribution in [0.15, 0.2) is 84.5 Å². The van der Waals surface area contributed by atoms with Gasteiger partial charge in [-0.1, -0.05) is 85.8 Å². The SMILES string of the molecule is C=C1[C@H](C)C/C(=C\CP(=O)(c2ccccc2)c2ccccc2)C[C@H]1OS. The zero-order valence-electron chi connectivity index (χ0n) is 15.0. The molecule has 1 fully saturated rings. The highest BCUT2D eigenvalue weighted by Gasteiger charge is 2.29. The summed E-state index contributed by atoms with van der Waals surface area (Å²) in [5.41, 5.74) is 2.36. The lowest BCUT2D eigenvalue weighted by Gasteiger charge is -2.30. The van der Waals surface area contributed by atoms with Gasteiger partial charge in [0.15, 0.2) is 0 Å². The number of allylic oxidation sites excluding steroid dienone is 1. The third-order valence-electron chi connectivity index (χ3n) is 5.17. The van der Waals surface area contributed by atoms with Gasteiger partial charge in [0.25, 0.3) is 0 Å². The monoisotopic (exact) mass is 384 g/mol. The van der Waals surface area contributed by atoms with Gasteiger partial charge in [-0.05, 0) is 37.2 Å². The van der Waals surface area contributed by atoms with Gasteiger partial charge in [0, 0.05) is 16.8 Å². The van der Waals surface area contributed by atoms with Crippen LogP contribution in [0.2, 0.25) is 0 Å². The van der Waals surface area contributed by atoms with Crippen LogP contribution < -0.4 is 10.6 Å². The molecule has 2 atom stereocenters. The van der Waals surface area contributed by atoms with Gasteiger partial charge in [-0.25, -0.2) is 0 Å². The molecule has 0 saturated heterocycles. The van der Waals surface area contributed by atoms with E-state index in [9.17, 15) is 4.57 Å². The lowest BCUT2D eigenvalue weighted by atomic mass is 9.81. The lowest BCUT2D eigenvalue weighted by molar-refractivity contribution is 0.252. The Morgan fingerprint density at radius 2 is 1.62 bits per heavy atom. The lowest BCUT2D eigenvalue weighted by Crippen LogP contribution is -2.24. The molecule has 1 aliphatic carbocycles. The Kier molecular flexibility index (Phi) is 6.24. The maximum absolute atomic E-state index is 14.0. The first-order valence-corrected chi connectivity index (χ1v) is 11.2. The fourth-order valence-corrected chi connectivity index (χ4v) is 6.27. The van der Waals surface area contributed by atoms with Crippen molar-refractivity contribution in [3.63, 3.8) is 0 Å². The minimum absolute atomic E-state index is 0.0684. The van der Waals surface area contributed by atoms with Gasteiger partial charge in [-0.3, -0.25) is 0 Å². The predicted molar refractivity (Wildman–Crippen MR) is 114 cm³/mol. The van der Waals surface area contributed by atoms with Crippen molar-refractivity contribution in [3.8, 4) is 0 Å². The summed E-state index contributed by atoms with van der Waals surface area (Å²) in [7, 11) is -2.71. The van der Waals surface area contributed by atoms with Gasteiger partial charge < -0.3 is 8.75 Å². The van der Waals surface area contributed by atoms with E-state index < -0.39 is 7.14 Å². The van der Waals surface area contributed by atoms with Crippen LogP contribution in [0.25, 0.3) is 0 Å². The summed E-state index contributed by atoms with van der Waals surface area (Å²) in [5.74, 6) is 0.347. The molecule has 0 radical (unpaired) electrons. The molecule has 1 saturated carbocycles. The third kappa shape index (κ3) is 4.06. The van der Waals surface area contributed by atoms with Crippen LogP contribution in [-0.2, 0) is 8.75 Å². The van der Waals surface area contributed by atoms with E-state index in [2.05, 4.69) is 32.5 Å². The second-order valence-corrected chi connectivity index (χ2v) is 10.0. The van der Waals surface area contributed by atoms with Crippen molar-refractivity contribution in [2.45, 2.75) is 25.9 Å². The van der Waals surface area contributed by atoms with Crippen LogP contribution in [-0.4, -0.2) is 12.3 Å². The second-order valence-electron chi connectivity index (χ2n) is 6.93. The van der Waals surface area contributed by atoms with Crippen LogP contribution in [0.1, 0.15) is 19.8 Å². The smallest absolute Gasteiger partial charge is 0.146 e. The maximum Gasteiger partial charge on any atom is 0.146 e. The van der Waals surface area contributed by atoms with Crippen molar-refractivity contribution in [3.05, 3.63) is 84.5 Å². The highest BCUT2D eigenvalue weighted by molar-refractivity contribution is 7.78. The summed E-state index contributed by atoms with van der Waals surface area (Å²) in [5, 5.41) is 1.80. The van der Waals surface area contributed by atoms with Gasteiger partial charge in [0.2, 0.25) is 0 Å². The molecule has 136 valence electrons. The van der Waals surface area contributed by atoms with E-state index in [1.807, 2.05) is 60.7 Å². The van der Waals surface area contributed by atoms with Crippen molar-refractivity contribution >= 4 is 30.7 Å². The highest BCUT2D eigenvalue weighted by atomic mass is 32.1. The van der Waals surface area contributed by atoms with Crippen molar-refractivity contribution in [1.82, 2.24) is 0 Å². The Balaban J connectivity index is 1.93. The highest BCUT2D eigenvalue weighted by Crippen LogP contribution is 2.44. The topological polar surface area (TPSA) is 26.3 Å². The van der Waals surface area contributed by atoms with Crippen LogP contribution in [0, 0.1) is 5.92 Å². The normalized spacial score (nSPS) is 22.5. The number of benzene rings is 2. The molecule has 26 heavy (non-hydrogen) atoms. The van der Waals surface area contributed by atoms with Gasteiger partial charge in [0.1, 0.15) is 7.14 Å². The van der Waals surface area contributed by atoms with E-state index >= 15 is 0 Å². The van der Waals surface area contributed by atoms with E-state index in [1.165, 1.54) is 5.57 Å². The molecule has 0 aromatic heterocycles. The molecule has 2 aromatic carbocycles. The van der Waals surface area contributed by atoms with Crippen molar-refractivity contribution < 1.29 is 8.75 Å². The summed E-state index contributed by atoms with van der Waals surface area (Å²) >= 11 is 4.00. The average Bonchev–Trinajstić information content (AvgIpc) is 2.69. The molecule has 0 amide bonds. The minimum atomic E-state index is -2.71. The molecule has 0 N–H and O–H groups in total. The number of hydrogen-bond acceptors (Lipinski definition) is 3. The van der Waals surface area contributed by atoms with E-state index in [0.29, 0.717) is 12.1 Å². The summed E-state index contributed by atoms with van der Waals surface area (Å²) in [6.45, 7) is 6.29. The first-order valence-electron chi connectivity index (χ1n) is 8.91. The molecule has 1 aliphatic rings. The van der Waals surface area contributed by atoms with Gasteiger partial charge in [-0.2, -0.15) is 0 Å². The summed E-state index contributed by atoms with van der Waals surface area (Å²) in [4.78, 5) is 0. The molecular formula is C22H25O2PS. The Bertz CT molecular complexity index is 786. The molecular weight excluding hydrogens is 359 g/mol. The number of rotatable bonds is 5. The summed E-state index contributed by atoms with van der Waals surface area (Å²) in [6.07, 6.45) is 4.33. The Labute approximate surface area is 162 Å². The maximum atomic E-state index is 14.0. The van der Waals surface area contributed by atoms with Crippen LogP contribution in [0.5, 0.6) is 0 Å². The molecule has 0 bridgehead atoms. The van der Waals surface area contributed by atoms with Crippen molar-refractivity contribution in [2.75, 3.05) is 6.16 Å². The molecule has 0 spiro atoms. The zero-order valence-corrected chi connectivity index (χ0v) is 16.8. The van der Waals surface area contributed by atoms with Gasteiger partial charge in [-0.15, -0.1) is 0 Å². The Morgan fingerprint density at radius 1 is 1.08 bits per heavy atom. The molecule has 3 rings (SSSR count). The fourth-order valence-electron chi connectivity index (χ4n) is 3.52. The Morgan fingerprint density at radius 3 is 2.12 bits per heavy atom. The first kappa shape index (κ1) is 19.2. The fraction of sp³-hybridized carbons (Fsp3) is 0.273. The largest absolute Gasteiger partial charge is 0.313 e. The molecule has 2 aromatic rings. The van der Waals surface area contributed by atoms with Crippen LogP contribution in [0.3, 0.4) is 0 Å². The quantitative estimate of drug-likeness (QED) is 0.334. The van der Waals surface area contributed by atoms with Gasteiger partial charge >= 0.3 is 0 Å². The molecule has 4 heteroatoms. The van der Waals surface area contributed by atoms with Crippen molar-refractivity contribution in [2.24, 2.45) is 5.92 Å². The molecule has 0 unspecified atom stereocenters. The zero-order chi connectivity index (χ0) is 18.6. The number of hydrogen-bond donors (Lipinski definition) is 1. The van der Waals surface area contributed by atoms with Crippen molar-refractivity contribution in [1.29, 1.82) is 0 Å². The van der Waals surface area contributed by atoms with Crippen LogP contribution >= 0.6 is 20.1 Å². The second kappa shape index (κ2) is 8.43. The number of thiol groups is 1. The van der Waals surface area contributed by atoms with Crippen LogP contribution in [0.4, 0.5) is 0 Å². The summed E-state index contributed by atoms with van der Waals surface area (Å²) < 4.78 is 19.3. The van der Waals surface area contributed by atoms with E-state index in [-0.39, 0.29) is 6.10 Å². The third-order valence-corrected chi connectivity index (χ3v) is 8.39. The minimum Gasteiger partial charge on any atom is -0.313 e. The Hall–Kier alpha value is -1.54. The van der Waals surface area contributed by atoms with E-state index in [4.69, 9.17) is 4.18 Å². The molecule has 0 aliphatic heterocycles.